The molecule has 12 aromatic rings. The summed E-state index contributed by atoms with van der Waals surface area (Å²) in [6.45, 7) is 0. The molecule has 0 spiro atoms. The molecule has 1 nitrogen and oxygen atoms in total. The van der Waals surface area contributed by atoms with E-state index >= 15 is 0 Å². The zero-order valence-electron chi connectivity index (χ0n) is 32.7. The minimum Gasteiger partial charge on any atom is -0.311 e. The summed E-state index contributed by atoms with van der Waals surface area (Å²) in [5.74, 6) is 0. The number of anilines is 3. The van der Waals surface area contributed by atoms with Gasteiger partial charge in [-0.1, -0.05) is 158 Å². The summed E-state index contributed by atoms with van der Waals surface area (Å²) in [7, 11) is 0. The van der Waals surface area contributed by atoms with Crippen molar-refractivity contribution < 1.29 is 0 Å². The van der Waals surface area contributed by atoms with Crippen molar-refractivity contribution in [1.29, 1.82) is 0 Å². The number of hydrogen-bond donors (Lipinski definition) is 0. The second kappa shape index (κ2) is 14.1. The van der Waals surface area contributed by atoms with E-state index in [1.54, 1.807) is 0 Å². The Morgan fingerprint density at radius 2 is 0.600 bits per heavy atom. The summed E-state index contributed by atoms with van der Waals surface area (Å²) in [5, 5.41) is 12.8. The van der Waals surface area contributed by atoms with Crippen LogP contribution in [0.5, 0.6) is 0 Å². The smallest absolute Gasteiger partial charge is 0.0462 e. The number of fused-ring (bicyclic) bond motifs is 9. The predicted molar refractivity (Wildman–Crippen MR) is 260 cm³/mol. The molecular formula is C58H37NS. The van der Waals surface area contributed by atoms with Gasteiger partial charge in [0.25, 0.3) is 0 Å². The highest BCUT2D eigenvalue weighted by Gasteiger charge is 2.15. The van der Waals surface area contributed by atoms with E-state index in [0.717, 1.165) is 17.1 Å². The Balaban J connectivity index is 0.912. The third kappa shape index (κ3) is 5.92. The van der Waals surface area contributed by atoms with Crippen molar-refractivity contribution in [2.75, 3.05) is 4.90 Å². The van der Waals surface area contributed by atoms with Gasteiger partial charge in [-0.15, -0.1) is 11.3 Å². The Morgan fingerprint density at radius 1 is 0.233 bits per heavy atom. The minimum atomic E-state index is 1.11. The lowest BCUT2D eigenvalue weighted by Crippen LogP contribution is -2.09. The van der Waals surface area contributed by atoms with Crippen LogP contribution in [-0.2, 0) is 0 Å². The summed E-state index contributed by atoms with van der Waals surface area (Å²) in [5.41, 5.74) is 10.6. The van der Waals surface area contributed by atoms with Gasteiger partial charge in [0.15, 0.2) is 0 Å². The molecule has 0 bridgehead atoms. The van der Waals surface area contributed by atoms with Crippen molar-refractivity contribution in [2.24, 2.45) is 0 Å². The molecule has 280 valence electrons. The van der Waals surface area contributed by atoms with Crippen molar-refractivity contribution in [2.45, 2.75) is 0 Å². The maximum absolute atomic E-state index is 2.37. The van der Waals surface area contributed by atoms with Crippen LogP contribution in [0.15, 0.2) is 224 Å². The summed E-state index contributed by atoms with van der Waals surface area (Å²) in [6, 6.07) is 82.6. The lowest BCUT2D eigenvalue weighted by molar-refractivity contribution is 1.28. The molecule has 0 saturated heterocycles. The molecule has 0 amide bonds. The first kappa shape index (κ1) is 34.5. The van der Waals surface area contributed by atoms with E-state index in [1.807, 2.05) is 11.3 Å². The number of benzene rings is 11. The van der Waals surface area contributed by atoms with Crippen molar-refractivity contribution >= 4 is 91.7 Å². The van der Waals surface area contributed by atoms with Gasteiger partial charge in [-0.3, -0.25) is 0 Å². The van der Waals surface area contributed by atoms with Gasteiger partial charge < -0.3 is 4.90 Å². The molecule has 2 heteroatoms. The molecular weight excluding hydrogens is 743 g/mol. The fourth-order valence-electron chi connectivity index (χ4n) is 9.15. The molecule has 0 unspecified atom stereocenters. The van der Waals surface area contributed by atoms with Crippen LogP contribution in [0.25, 0.3) is 96.6 Å². The van der Waals surface area contributed by atoms with Gasteiger partial charge in [0.2, 0.25) is 0 Å². The van der Waals surface area contributed by atoms with E-state index in [2.05, 4.69) is 229 Å². The standard InChI is InChI=1S/C58H37NS/c1-3-9-51-41(7-1)13-15-46-35-43(23-32-53(46)51)38-17-26-48(27-18-38)59(50-30-21-40(22-31-50)45-25-34-58-56(37-45)55-11-5-6-12-57(55)60-58)49-28-19-39(20-29-49)44-24-33-54-47(36-44)16-14-42-8-2-4-10-52(42)54/h1-37H. The first-order chi connectivity index (χ1) is 29.7. The van der Waals surface area contributed by atoms with Gasteiger partial charge in [0.1, 0.15) is 0 Å². The van der Waals surface area contributed by atoms with E-state index in [4.69, 9.17) is 0 Å². The quantitative estimate of drug-likeness (QED) is 0.152. The predicted octanol–water partition coefficient (Wildman–Crippen LogP) is 17.1. The molecule has 0 atom stereocenters. The van der Waals surface area contributed by atoms with Gasteiger partial charge in [0.05, 0.1) is 0 Å². The van der Waals surface area contributed by atoms with Crippen LogP contribution in [0, 0.1) is 0 Å². The van der Waals surface area contributed by atoms with Gasteiger partial charge in [-0.2, -0.15) is 0 Å². The molecule has 12 rings (SSSR count). The third-order valence-electron chi connectivity index (χ3n) is 12.2. The second-order valence-corrected chi connectivity index (χ2v) is 16.8. The van der Waals surface area contributed by atoms with Gasteiger partial charge >= 0.3 is 0 Å². The first-order valence-electron chi connectivity index (χ1n) is 20.6. The van der Waals surface area contributed by atoms with E-state index in [9.17, 15) is 0 Å². The highest BCUT2D eigenvalue weighted by molar-refractivity contribution is 7.25. The highest BCUT2D eigenvalue weighted by Crippen LogP contribution is 2.40. The molecule has 1 heterocycles. The van der Waals surface area contributed by atoms with Crippen LogP contribution < -0.4 is 4.90 Å². The third-order valence-corrected chi connectivity index (χ3v) is 13.4. The monoisotopic (exact) mass is 779 g/mol. The maximum Gasteiger partial charge on any atom is 0.0462 e. The summed E-state index contributed by atoms with van der Waals surface area (Å²) < 4.78 is 2.65. The van der Waals surface area contributed by atoms with E-state index in [1.165, 1.54) is 96.6 Å². The zero-order chi connectivity index (χ0) is 39.6. The van der Waals surface area contributed by atoms with Crippen molar-refractivity contribution in [1.82, 2.24) is 0 Å². The molecule has 0 fully saturated rings. The summed E-state index contributed by atoms with van der Waals surface area (Å²) in [4.78, 5) is 2.37. The zero-order valence-corrected chi connectivity index (χ0v) is 33.5. The molecule has 0 aliphatic heterocycles. The fourth-order valence-corrected chi connectivity index (χ4v) is 10.2. The van der Waals surface area contributed by atoms with Crippen LogP contribution in [0.1, 0.15) is 0 Å². The van der Waals surface area contributed by atoms with Crippen LogP contribution in [-0.4, -0.2) is 0 Å². The Bertz CT molecular complexity index is 3420. The molecule has 0 saturated carbocycles. The molecule has 0 aliphatic rings. The average molecular weight is 780 g/mol. The lowest BCUT2D eigenvalue weighted by atomic mass is 9.97. The van der Waals surface area contributed by atoms with Gasteiger partial charge in [0, 0.05) is 37.2 Å². The molecule has 11 aromatic carbocycles. The van der Waals surface area contributed by atoms with Crippen LogP contribution in [0.4, 0.5) is 17.1 Å². The number of rotatable bonds is 6. The Labute approximate surface area is 352 Å². The lowest BCUT2D eigenvalue weighted by Gasteiger charge is -2.26. The molecule has 0 N–H and O–H groups in total. The summed E-state index contributed by atoms with van der Waals surface area (Å²) >= 11 is 1.86. The highest BCUT2D eigenvalue weighted by atomic mass is 32.1. The number of hydrogen-bond acceptors (Lipinski definition) is 2. The maximum atomic E-state index is 2.37. The first-order valence-corrected chi connectivity index (χ1v) is 21.4. The average Bonchev–Trinajstić information content (AvgIpc) is 3.70. The Hall–Kier alpha value is -7.52. The van der Waals surface area contributed by atoms with Crippen molar-refractivity contribution in [3.63, 3.8) is 0 Å². The normalized spacial score (nSPS) is 11.7. The van der Waals surface area contributed by atoms with Gasteiger partial charge in [-0.25, -0.2) is 0 Å². The minimum absolute atomic E-state index is 1.11. The van der Waals surface area contributed by atoms with Crippen molar-refractivity contribution in [3.8, 4) is 33.4 Å². The van der Waals surface area contributed by atoms with Crippen LogP contribution in [0.2, 0.25) is 0 Å². The molecule has 60 heavy (non-hydrogen) atoms. The van der Waals surface area contributed by atoms with Crippen LogP contribution >= 0.6 is 11.3 Å². The topological polar surface area (TPSA) is 3.24 Å². The molecule has 0 radical (unpaired) electrons. The number of nitrogens with zero attached hydrogens (tertiary/aromatic N) is 1. The fraction of sp³-hybridized carbons (Fsp3) is 0. The Kier molecular flexibility index (Phi) is 8.11. The largest absolute Gasteiger partial charge is 0.311 e. The van der Waals surface area contributed by atoms with E-state index in [-0.39, 0.29) is 0 Å². The SMILES string of the molecule is c1ccc2c(c1)ccc1cc(-c3ccc(N(c4ccc(-c5ccc6c(ccc7ccccc76)c5)cc4)c4ccc(-c5ccc6sc7ccccc7c6c5)cc4)cc3)ccc12. The van der Waals surface area contributed by atoms with Gasteiger partial charge in [-0.05, 0) is 143 Å². The van der Waals surface area contributed by atoms with Crippen molar-refractivity contribution in [3.05, 3.63) is 224 Å². The Morgan fingerprint density at radius 3 is 1.12 bits per heavy atom. The number of thiophene rings is 1. The van der Waals surface area contributed by atoms with E-state index < -0.39 is 0 Å². The van der Waals surface area contributed by atoms with Crippen LogP contribution in [0.3, 0.4) is 0 Å². The molecule has 0 aliphatic carbocycles. The molecule has 1 aromatic heterocycles. The summed E-state index contributed by atoms with van der Waals surface area (Å²) in [6.07, 6.45) is 0. The van der Waals surface area contributed by atoms with E-state index in [0.29, 0.717) is 0 Å². The second-order valence-electron chi connectivity index (χ2n) is 15.7.